The smallest absolute Gasteiger partial charge is 0.210 e. The van der Waals surface area contributed by atoms with E-state index in [2.05, 4.69) is 4.98 Å². The lowest BCUT2D eigenvalue weighted by molar-refractivity contribution is 0.0272. The Labute approximate surface area is 240 Å². The Hall–Kier alpha value is -3.24. The fourth-order valence-corrected chi connectivity index (χ4v) is 7.05. The van der Waals surface area contributed by atoms with Gasteiger partial charge in [-0.25, -0.2) is 13.4 Å². The van der Waals surface area contributed by atoms with Crippen LogP contribution in [0.1, 0.15) is 24.5 Å². The molecule has 0 unspecified atom stereocenters. The quantitative estimate of drug-likeness (QED) is 0.117. The molecule has 0 bridgehead atoms. The Bertz CT molecular complexity index is 1450. The molecule has 0 amide bonds. The minimum absolute atomic E-state index is 0.119. The third-order valence-corrected chi connectivity index (χ3v) is 9.75. The number of methoxy groups -OCH3 is 2. The molecular formula is C31H35NO6S2. The summed E-state index contributed by atoms with van der Waals surface area (Å²) in [6.07, 6.45) is 4.08. The van der Waals surface area contributed by atoms with E-state index in [0.717, 1.165) is 27.3 Å². The highest BCUT2D eigenvalue weighted by atomic mass is 32.2. The largest absolute Gasteiger partial charge is 0.497 e. The van der Waals surface area contributed by atoms with Gasteiger partial charge in [-0.2, -0.15) is 0 Å². The van der Waals surface area contributed by atoms with Crippen LogP contribution < -0.4 is 9.47 Å². The highest BCUT2D eigenvalue weighted by Crippen LogP contribution is 2.28. The molecule has 1 heterocycles. The number of para-hydroxylation sites is 1. The molecule has 0 aliphatic carbocycles. The average molecular weight is 582 g/mol. The van der Waals surface area contributed by atoms with E-state index >= 15 is 0 Å². The SMILES string of the molecule is CC[C@@H](/C=C\COCc1ccc(OC)cc1)[C@H](CS(=O)(=O)c1nc2ccccc2s1)OCc1ccc(OC)cc1. The molecule has 4 aromatic rings. The van der Waals surface area contributed by atoms with Crippen LogP contribution in [0.15, 0.2) is 89.3 Å². The molecule has 0 N–H and O–H groups in total. The van der Waals surface area contributed by atoms with Gasteiger partial charge in [0.1, 0.15) is 11.5 Å². The zero-order chi connectivity index (χ0) is 28.4. The first-order chi connectivity index (χ1) is 19.4. The van der Waals surface area contributed by atoms with Crippen LogP contribution in [0.4, 0.5) is 0 Å². The van der Waals surface area contributed by atoms with Crippen molar-refractivity contribution in [3.63, 3.8) is 0 Å². The van der Waals surface area contributed by atoms with Crippen LogP contribution in [0, 0.1) is 5.92 Å². The molecule has 0 saturated heterocycles. The molecule has 3 aromatic carbocycles. The number of sulfone groups is 1. The molecule has 0 saturated carbocycles. The van der Waals surface area contributed by atoms with Crippen LogP contribution in [0.3, 0.4) is 0 Å². The first-order valence-electron chi connectivity index (χ1n) is 13.1. The third-order valence-electron chi connectivity index (χ3n) is 6.52. The van der Waals surface area contributed by atoms with Crippen LogP contribution in [0.5, 0.6) is 11.5 Å². The average Bonchev–Trinajstić information content (AvgIpc) is 3.43. The summed E-state index contributed by atoms with van der Waals surface area (Å²) in [4.78, 5) is 4.40. The van der Waals surface area contributed by atoms with E-state index in [9.17, 15) is 8.42 Å². The Balaban J connectivity index is 1.45. The Morgan fingerprint density at radius 3 is 2.10 bits per heavy atom. The van der Waals surface area contributed by atoms with Crippen LogP contribution in [0.2, 0.25) is 0 Å². The number of aromatic nitrogens is 1. The maximum absolute atomic E-state index is 13.5. The Kier molecular flexibility index (Phi) is 10.7. The van der Waals surface area contributed by atoms with Crippen LogP contribution in [-0.4, -0.2) is 46.1 Å². The van der Waals surface area contributed by atoms with Crippen molar-refractivity contribution < 1.29 is 27.4 Å². The highest BCUT2D eigenvalue weighted by molar-refractivity contribution is 7.93. The maximum Gasteiger partial charge on any atom is 0.210 e. The molecule has 0 spiro atoms. The second-order valence-corrected chi connectivity index (χ2v) is 12.5. The fraction of sp³-hybridized carbons (Fsp3) is 0.323. The molecule has 2 atom stereocenters. The number of rotatable bonds is 15. The molecule has 7 nitrogen and oxygen atoms in total. The third kappa shape index (κ3) is 8.14. The van der Waals surface area contributed by atoms with Gasteiger partial charge in [0.25, 0.3) is 0 Å². The highest BCUT2D eigenvalue weighted by Gasteiger charge is 2.29. The summed E-state index contributed by atoms with van der Waals surface area (Å²) in [7, 11) is -0.426. The lowest BCUT2D eigenvalue weighted by Gasteiger charge is -2.24. The van der Waals surface area contributed by atoms with E-state index in [1.54, 1.807) is 14.2 Å². The molecule has 1 aromatic heterocycles. The van der Waals surface area contributed by atoms with Gasteiger partial charge in [-0.1, -0.05) is 55.5 Å². The van der Waals surface area contributed by atoms with Gasteiger partial charge < -0.3 is 18.9 Å². The second kappa shape index (κ2) is 14.4. The van der Waals surface area contributed by atoms with Crippen LogP contribution >= 0.6 is 11.3 Å². The topological polar surface area (TPSA) is 84.0 Å². The summed E-state index contributed by atoms with van der Waals surface area (Å²) < 4.78 is 50.5. The number of fused-ring (bicyclic) bond motifs is 1. The standard InChI is InChI=1S/C31H35NO6S2/c1-4-25(8-7-19-37-20-23-11-15-26(35-2)16-12-23)29(38-21-24-13-17-27(36-3)18-14-24)22-40(33,34)31-32-28-9-5-6-10-30(28)39-31/h5-18,25,29H,4,19-22H2,1-3H3/b8-7-/t25-,29-/m0/s1. The summed E-state index contributed by atoms with van der Waals surface area (Å²) >= 11 is 1.19. The molecule has 40 heavy (non-hydrogen) atoms. The number of hydrogen-bond acceptors (Lipinski definition) is 8. The fourth-order valence-electron chi connectivity index (χ4n) is 4.21. The van der Waals surface area contributed by atoms with E-state index in [4.69, 9.17) is 18.9 Å². The number of benzene rings is 3. The first-order valence-corrected chi connectivity index (χ1v) is 15.6. The molecular weight excluding hydrogens is 546 g/mol. The summed E-state index contributed by atoms with van der Waals surface area (Å²) in [5.41, 5.74) is 2.66. The lowest BCUT2D eigenvalue weighted by Crippen LogP contribution is -2.31. The monoisotopic (exact) mass is 581 g/mol. The van der Waals surface area contributed by atoms with Crippen molar-refractivity contribution in [1.82, 2.24) is 4.98 Å². The van der Waals surface area contributed by atoms with Crippen LogP contribution in [0.25, 0.3) is 10.2 Å². The van der Waals surface area contributed by atoms with E-state index in [0.29, 0.717) is 25.2 Å². The van der Waals surface area contributed by atoms with E-state index in [1.807, 2.05) is 91.9 Å². The van der Waals surface area contributed by atoms with E-state index < -0.39 is 15.9 Å². The van der Waals surface area contributed by atoms with Gasteiger partial charge >= 0.3 is 0 Å². The number of nitrogens with zero attached hydrogens (tertiary/aromatic N) is 1. The summed E-state index contributed by atoms with van der Waals surface area (Å²) in [5, 5.41) is 0. The predicted octanol–water partition coefficient (Wildman–Crippen LogP) is 6.47. The van der Waals surface area contributed by atoms with Crippen molar-refractivity contribution in [3.8, 4) is 11.5 Å². The van der Waals surface area contributed by atoms with Crippen molar-refractivity contribution in [2.24, 2.45) is 5.92 Å². The minimum Gasteiger partial charge on any atom is -0.497 e. The van der Waals surface area contributed by atoms with Gasteiger partial charge in [0.15, 0.2) is 0 Å². The van der Waals surface area contributed by atoms with Crippen molar-refractivity contribution in [2.75, 3.05) is 26.6 Å². The normalized spacial score (nSPS) is 13.5. The molecule has 0 radical (unpaired) electrons. The molecule has 0 fully saturated rings. The summed E-state index contributed by atoms with van der Waals surface area (Å²) in [6, 6.07) is 22.7. The van der Waals surface area contributed by atoms with Gasteiger partial charge in [0, 0.05) is 5.92 Å². The second-order valence-electron chi connectivity index (χ2n) is 9.29. The zero-order valence-corrected chi connectivity index (χ0v) is 24.6. The predicted molar refractivity (Wildman–Crippen MR) is 159 cm³/mol. The molecule has 0 aliphatic rings. The van der Waals surface area contributed by atoms with Crippen molar-refractivity contribution >= 4 is 31.4 Å². The van der Waals surface area contributed by atoms with Gasteiger partial charge in [-0.05, 0) is 53.9 Å². The van der Waals surface area contributed by atoms with Gasteiger partial charge in [-0.3, -0.25) is 0 Å². The molecule has 212 valence electrons. The van der Waals surface area contributed by atoms with Gasteiger partial charge in [0.05, 0.1) is 56.1 Å². The molecule has 0 aliphatic heterocycles. The number of hydrogen-bond donors (Lipinski definition) is 0. The van der Waals surface area contributed by atoms with Crippen molar-refractivity contribution in [2.45, 2.75) is 37.0 Å². The number of thiazole rings is 1. The van der Waals surface area contributed by atoms with Crippen molar-refractivity contribution in [3.05, 3.63) is 96.1 Å². The van der Waals surface area contributed by atoms with E-state index in [-0.39, 0.29) is 22.6 Å². The summed E-state index contributed by atoms with van der Waals surface area (Å²) in [5.74, 6) is 1.25. The number of ether oxygens (including phenoxy) is 4. The maximum atomic E-state index is 13.5. The van der Waals surface area contributed by atoms with Crippen LogP contribution in [-0.2, 0) is 32.5 Å². The first kappa shape index (κ1) is 29.7. The Morgan fingerprint density at radius 1 is 0.875 bits per heavy atom. The lowest BCUT2D eigenvalue weighted by atomic mass is 10.00. The molecule has 9 heteroatoms. The van der Waals surface area contributed by atoms with Gasteiger partial charge in [-0.15, -0.1) is 11.3 Å². The van der Waals surface area contributed by atoms with Crippen molar-refractivity contribution in [1.29, 1.82) is 0 Å². The van der Waals surface area contributed by atoms with E-state index in [1.165, 1.54) is 11.3 Å². The zero-order valence-electron chi connectivity index (χ0n) is 23.0. The Morgan fingerprint density at radius 2 is 1.50 bits per heavy atom. The summed E-state index contributed by atoms with van der Waals surface area (Å²) in [6.45, 7) is 3.18. The van der Waals surface area contributed by atoms with Gasteiger partial charge in [0.2, 0.25) is 14.2 Å². The molecule has 4 rings (SSSR count). The minimum atomic E-state index is -3.68.